The van der Waals surface area contributed by atoms with Crippen molar-refractivity contribution < 1.29 is 0 Å². The van der Waals surface area contributed by atoms with Gasteiger partial charge in [-0.3, -0.25) is 4.57 Å². The number of hydrogen-bond acceptors (Lipinski definition) is 2. The van der Waals surface area contributed by atoms with Crippen LogP contribution in [-0.4, -0.2) is 18.9 Å². The third-order valence-corrected chi connectivity index (χ3v) is 10.8. The van der Waals surface area contributed by atoms with Crippen LogP contribution < -0.4 is 0 Å². The summed E-state index contributed by atoms with van der Waals surface area (Å²) >= 11 is 0. The zero-order chi connectivity index (χ0) is 33.8. The van der Waals surface area contributed by atoms with Crippen LogP contribution in [0.5, 0.6) is 0 Å². The summed E-state index contributed by atoms with van der Waals surface area (Å²) in [5.74, 6) is 0.661. The maximum absolute atomic E-state index is 5.53. The molecular formula is C47H30N4. The van der Waals surface area contributed by atoms with Gasteiger partial charge in [0.1, 0.15) is 0 Å². The molecule has 0 amide bonds. The van der Waals surface area contributed by atoms with Crippen molar-refractivity contribution in [2.75, 3.05) is 0 Å². The maximum Gasteiger partial charge on any atom is 0.235 e. The first-order valence-electron chi connectivity index (χ1n) is 17.4. The van der Waals surface area contributed by atoms with Crippen molar-refractivity contribution in [3.05, 3.63) is 163 Å². The van der Waals surface area contributed by atoms with Crippen LogP contribution in [-0.2, 0) is 0 Å². The van der Waals surface area contributed by atoms with Gasteiger partial charge in [0.15, 0.2) is 0 Å². The average Bonchev–Trinajstić information content (AvgIpc) is 3.80. The van der Waals surface area contributed by atoms with Crippen LogP contribution in [0.15, 0.2) is 152 Å². The second-order valence-electron chi connectivity index (χ2n) is 13.4. The quantitative estimate of drug-likeness (QED) is 0.140. The molecule has 4 heteroatoms. The van der Waals surface area contributed by atoms with Crippen LogP contribution >= 0.6 is 0 Å². The number of hydrogen-bond donors (Lipinski definition) is 0. The van der Waals surface area contributed by atoms with Crippen molar-refractivity contribution >= 4 is 87.5 Å². The van der Waals surface area contributed by atoms with Crippen molar-refractivity contribution in [2.45, 2.75) is 6.92 Å². The van der Waals surface area contributed by atoms with E-state index < -0.39 is 0 Å². The highest BCUT2D eigenvalue weighted by Gasteiger charge is 2.27. The van der Waals surface area contributed by atoms with Gasteiger partial charge >= 0.3 is 0 Å². The first kappa shape index (κ1) is 28.1. The fourth-order valence-electron chi connectivity index (χ4n) is 8.61. The molecule has 0 saturated heterocycles. The van der Waals surface area contributed by atoms with Gasteiger partial charge in [-0.15, -0.1) is 0 Å². The fraction of sp³-hybridized carbons (Fsp3) is 0.0213. The Kier molecular flexibility index (Phi) is 5.71. The van der Waals surface area contributed by atoms with E-state index >= 15 is 0 Å². The molecular weight excluding hydrogens is 621 g/mol. The van der Waals surface area contributed by atoms with Gasteiger partial charge in [-0.2, -0.15) is 0 Å². The number of fused-ring (bicyclic) bond motifs is 12. The van der Waals surface area contributed by atoms with E-state index in [1.165, 1.54) is 65.4 Å². The SMILES string of the molecule is C=C/C=C\c1c(C)c2cc3c4ccccc4n(-c4nc(-c5ccccc5)c5c(ccc6ccccc65)n4)c3c3c4ccc5ccccc5c4n1c23. The molecule has 4 aromatic heterocycles. The third-order valence-electron chi connectivity index (χ3n) is 10.8. The van der Waals surface area contributed by atoms with Crippen LogP contribution in [0.3, 0.4) is 0 Å². The summed E-state index contributed by atoms with van der Waals surface area (Å²) in [5, 5.41) is 11.9. The van der Waals surface area contributed by atoms with Gasteiger partial charge in [0.2, 0.25) is 5.95 Å². The second-order valence-corrected chi connectivity index (χ2v) is 13.4. The van der Waals surface area contributed by atoms with Gasteiger partial charge in [-0.25, -0.2) is 9.97 Å². The molecule has 0 fully saturated rings. The van der Waals surface area contributed by atoms with Crippen molar-refractivity contribution in [1.82, 2.24) is 18.9 Å². The minimum Gasteiger partial charge on any atom is -0.308 e. The number of benzene rings is 7. The summed E-state index contributed by atoms with van der Waals surface area (Å²) in [4.78, 5) is 10.9. The van der Waals surface area contributed by atoms with Gasteiger partial charge in [-0.05, 0) is 52.9 Å². The molecule has 0 saturated carbocycles. The smallest absolute Gasteiger partial charge is 0.235 e. The van der Waals surface area contributed by atoms with E-state index in [1.54, 1.807) is 0 Å². The number of rotatable bonds is 4. The second kappa shape index (κ2) is 10.4. The molecule has 11 aromatic rings. The summed E-state index contributed by atoms with van der Waals surface area (Å²) in [6, 6.07) is 47.7. The minimum absolute atomic E-state index is 0.661. The molecule has 238 valence electrons. The lowest BCUT2D eigenvalue weighted by Crippen LogP contribution is -2.04. The van der Waals surface area contributed by atoms with Crippen LogP contribution in [0, 0.1) is 6.92 Å². The lowest BCUT2D eigenvalue weighted by molar-refractivity contribution is 1.02. The Balaban J connectivity index is 1.38. The van der Waals surface area contributed by atoms with Crippen LogP contribution in [0.1, 0.15) is 11.3 Å². The Morgan fingerprint density at radius 3 is 2.10 bits per heavy atom. The Labute approximate surface area is 293 Å². The van der Waals surface area contributed by atoms with Crippen molar-refractivity contribution in [3.8, 4) is 17.2 Å². The lowest BCUT2D eigenvalue weighted by Gasteiger charge is -2.14. The average molecular weight is 651 g/mol. The topological polar surface area (TPSA) is 35.1 Å². The van der Waals surface area contributed by atoms with Gasteiger partial charge in [0, 0.05) is 49.0 Å². The van der Waals surface area contributed by atoms with Crippen LogP contribution in [0.4, 0.5) is 0 Å². The maximum atomic E-state index is 5.53. The van der Waals surface area contributed by atoms with E-state index in [9.17, 15) is 0 Å². The van der Waals surface area contributed by atoms with E-state index in [4.69, 9.17) is 9.97 Å². The summed E-state index contributed by atoms with van der Waals surface area (Å²) in [7, 11) is 0. The standard InChI is InChI=1S/C47H30N4/c1-3-4-21-39-28(2)36-27-37-34-20-12-13-22-40(34)51(46(37)42-35-25-23-30-15-9-11-19-33(30)44(35)50(39)45(36)42)47-48-38-26-24-29-14-8-10-18-32(29)41(38)43(49-47)31-16-6-5-7-17-31/h3-27H,1H2,2H3/b21-4-. The monoisotopic (exact) mass is 650 g/mol. The van der Waals surface area contributed by atoms with Crippen molar-refractivity contribution in [1.29, 1.82) is 0 Å². The van der Waals surface area contributed by atoms with Crippen molar-refractivity contribution in [3.63, 3.8) is 0 Å². The highest BCUT2D eigenvalue weighted by atomic mass is 15.2. The number of allylic oxidation sites excluding steroid dienone is 2. The fourth-order valence-corrected chi connectivity index (χ4v) is 8.61. The zero-order valence-corrected chi connectivity index (χ0v) is 27.9. The molecule has 0 aliphatic carbocycles. The third kappa shape index (κ3) is 3.73. The Hall–Kier alpha value is -6.78. The molecule has 0 bridgehead atoms. The van der Waals surface area contributed by atoms with E-state index in [-0.39, 0.29) is 0 Å². The van der Waals surface area contributed by atoms with E-state index in [0.29, 0.717) is 5.95 Å². The van der Waals surface area contributed by atoms with Crippen LogP contribution in [0.25, 0.3) is 105 Å². The van der Waals surface area contributed by atoms with Gasteiger partial charge in [-0.1, -0.05) is 134 Å². The molecule has 11 rings (SSSR count). The Morgan fingerprint density at radius 1 is 0.569 bits per heavy atom. The van der Waals surface area contributed by atoms with Crippen LogP contribution in [0.2, 0.25) is 0 Å². The summed E-state index contributed by atoms with van der Waals surface area (Å²) in [6.07, 6.45) is 6.09. The molecule has 0 atom stereocenters. The Morgan fingerprint density at radius 2 is 1.27 bits per heavy atom. The first-order chi connectivity index (χ1) is 25.2. The molecule has 0 N–H and O–H groups in total. The van der Waals surface area contributed by atoms with Gasteiger partial charge < -0.3 is 4.40 Å². The molecule has 4 heterocycles. The van der Waals surface area contributed by atoms with E-state index in [1.807, 2.05) is 12.2 Å². The van der Waals surface area contributed by atoms with E-state index in [2.05, 4.69) is 162 Å². The highest BCUT2D eigenvalue weighted by molar-refractivity contribution is 6.33. The first-order valence-corrected chi connectivity index (χ1v) is 17.4. The number of aromatic nitrogens is 4. The van der Waals surface area contributed by atoms with Gasteiger partial charge in [0.25, 0.3) is 0 Å². The molecule has 0 unspecified atom stereocenters. The lowest BCUT2D eigenvalue weighted by atomic mass is 10.00. The van der Waals surface area contributed by atoms with Gasteiger partial charge in [0.05, 0.1) is 33.3 Å². The summed E-state index contributed by atoms with van der Waals surface area (Å²) in [6.45, 7) is 6.24. The largest absolute Gasteiger partial charge is 0.308 e. The minimum atomic E-state index is 0.661. The summed E-state index contributed by atoms with van der Waals surface area (Å²) < 4.78 is 4.79. The molecule has 51 heavy (non-hydrogen) atoms. The Bertz CT molecular complexity index is 3270. The van der Waals surface area contributed by atoms with E-state index in [0.717, 1.165) is 38.6 Å². The molecule has 4 nitrogen and oxygen atoms in total. The normalized spacial score (nSPS) is 12.4. The zero-order valence-electron chi connectivity index (χ0n) is 27.9. The predicted octanol–water partition coefficient (Wildman–Crippen LogP) is 12.2. The molecule has 0 radical (unpaired) electrons. The predicted molar refractivity (Wildman–Crippen MR) is 215 cm³/mol. The number of para-hydroxylation sites is 1. The van der Waals surface area contributed by atoms with Crippen molar-refractivity contribution in [2.24, 2.45) is 0 Å². The molecule has 0 aliphatic heterocycles. The number of aryl methyl sites for hydroxylation is 1. The highest BCUT2D eigenvalue weighted by Crippen LogP contribution is 2.47. The summed E-state index contributed by atoms with van der Waals surface area (Å²) in [5.41, 5.74) is 9.97. The number of nitrogens with zero attached hydrogens (tertiary/aromatic N) is 4. The molecule has 0 spiro atoms. The molecule has 0 aliphatic rings. The molecule has 7 aromatic carbocycles.